The number of rotatable bonds is 3. The van der Waals surface area contributed by atoms with E-state index in [2.05, 4.69) is 16.7 Å². The molecule has 0 spiro atoms. The van der Waals surface area contributed by atoms with Gasteiger partial charge in [0.25, 0.3) is 0 Å². The SMILES string of the molecule is CC(CS(C)(=O)=O)N1CCCN2CCCCC2C1. The molecule has 0 aromatic carbocycles. The lowest BCUT2D eigenvalue weighted by Gasteiger charge is -2.36. The molecule has 2 heterocycles. The van der Waals surface area contributed by atoms with E-state index in [1.165, 1.54) is 45.0 Å². The number of sulfone groups is 1. The Labute approximate surface area is 111 Å². The van der Waals surface area contributed by atoms with Crippen molar-refractivity contribution in [1.82, 2.24) is 9.80 Å². The Kier molecular flexibility index (Phi) is 4.67. The van der Waals surface area contributed by atoms with Gasteiger partial charge in [0.05, 0.1) is 5.75 Å². The molecule has 0 N–H and O–H groups in total. The first-order valence-electron chi connectivity index (χ1n) is 7.11. The van der Waals surface area contributed by atoms with Gasteiger partial charge in [-0.3, -0.25) is 9.80 Å². The summed E-state index contributed by atoms with van der Waals surface area (Å²) in [6.45, 7) is 6.58. The van der Waals surface area contributed by atoms with Crippen LogP contribution in [0.5, 0.6) is 0 Å². The molecule has 0 amide bonds. The quantitative estimate of drug-likeness (QED) is 0.769. The first-order valence-corrected chi connectivity index (χ1v) is 9.17. The molecule has 0 bridgehead atoms. The Morgan fingerprint density at radius 2 is 1.89 bits per heavy atom. The summed E-state index contributed by atoms with van der Waals surface area (Å²) >= 11 is 0. The van der Waals surface area contributed by atoms with Crippen LogP contribution in [-0.2, 0) is 9.84 Å². The zero-order chi connectivity index (χ0) is 13.2. The van der Waals surface area contributed by atoms with E-state index in [1.54, 1.807) is 0 Å². The monoisotopic (exact) mass is 274 g/mol. The third-order valence-corrected chi connectivity index (χ3v) is 5.34. The van der Waals surface area contributed by atoms with Gasteiger partial charge in [0.2, 0.25) is 0 Å². The lowest BCUT2D eigenvalue weighted by atomic mass is 10.0. The summed E-state index contributed by atoms with van der Waals surface area (Å²) in [5.74, 6) is 0.291. The molecule has 2 atom stereocenters. The molecule has 2 unspecified atom stereocenters. The Hall–Kier alpha value is -0.130. The molecule has 106 valence electrons. The molecule has 5 heteroatoms. The maximum atomic E-state index is 11.4. The summed E-state index contributed by atoms with van der Waals surface area (Å²) in [7, 11) is -2.87. The van der Waals surface area contributed by atoms with Crippen molar-refractivity contribution in [3.8, 4) is 0 Å². The second-order valence-electron chi connectivity index (χ2n) is 5.98. The van der Waals surface area contributed by atoms with E-state index >= 15 is 0 Å². The van der Waals surface area contributed by atoms with Crippen LogP contribution < -0.4 is 0 Å². The lowest BCUT2D eigenvalue weighted by molar-refractivity contribution is 0.127. The van der Waals surface area contributed by atoms with Gasteiger partial charge in [-0.1, -0.05) is 6.42 Å². The predicted octanol–water partition coefficient (Wildman–Crippen LogP) is 0.980. The number of hydrogen-bond acceptors (Lipinski definition) is 4. The maximum absolute atomic E-state index is 11.4. The first kappa shape index (κ1) is 14.3. The molecule has 18 heavy (non-hydrogen) atoms. The van der Waals surface area contributed by atoms with Crippen molar-refractivity contribution < 1.29 is 8.42 Å². The molecule has 0 saturated carbocycles. The normalized spacial score (nSPS) is 29.6. The molecule has 2 aliphatic rings. The van der Waals surface area contributed by atoms with Gasteiger partial charge in [-0.25, -0.2) is 8.42 Å². The summed E-state index contributed by atoms with van der Waals surface area (Å²) in [5, 5.41) is 0. The summed E-state index contributed by atoms with van der Waals surface area (Å²) in [6, 6.07) is 0.810. The van der Waals surface area contributed by atoms with Crippen molar-refractivity contribution >= 4 is 9.84 Å². The smallest absolute Gasteiger partial charge is 0.148 e. The Morgan fingerprint density at radius 1 is 1.17 bits per heavy atom. The fourth-order valence-electron chi connectivity index (χ4n) is 3.34. The highest BCUT2D eigenvalue weighted by atomic mass is 32.2. The minimum atomic E-state index is -2.87. The summed E-state index contributed by atoms with van der Waals surface area (Å²) in [4.78, 5) is 4.99. The van der Waals surface area contributed by atoms with Crippen LogP contribution >= 0.6 is 0 Å². The van der Waals surface area contributed by atoms with Gasteiger partial charge in [0, 0.05) is 24.9 Å². The molecule has 0 aromatic rings. The van der Waals surface area contributed by atoms with Crippen molar-refractivity contribution in [2.24, 2.45) is 0 Å². The van der Waals surface area contributed by atoms with Crippen LogP contribution in [0.4, 0.5) is 0 Å². The van der Waals surface area contributed by atoms with E-state index in [-0.39, 0.29) is 6.04 Å². The second-order valence-corrected chi connectivity index (χ2v) is 8.16. The van der Waals surface area contributed by atoms with E-state index in [0.29, 0.717) is 11.8 Å². The van der Waals surface area contributed by atoms with Crippen molar-refractivity contribution in [3.63, 3.8) is 0 Å². The van der Waals surface area contributed by atoms with Gasteiger partial charge >= 0.3 is 0 Å². The maximum Gasteiger partial charge on any atom is 0.148 e. The minimum absolute atomic E-state index is 0.155. The number of fused-ring (bicyclic) bond motifs is 1. The standard InChI is InChI=1S/C13H26N2O2S/c1-12(11-18(2,16)17)15-9-5-8-14-7-4-3-6-13(14)10-15/h12-13H,3-11H2,1-2H3. The Morgan fingerprint density at radius 3 is 2.61 bits per heavy atom. The Bertz CT molecular complexity index is 369. The van der Waals surface area contributed by atoms with Crippen LogP contribution in [0.25, 0.3) is 0 Å². The fraction of sp³-hybridized carbons (Fsp3) is 1.00. The second kappa shape index (κ2) is 5.88. The van der Waals surface area contributed by atoms with Gasteiger partial charge in [-0.05, 0) is 45.8 Å². The van der Waals surface area contributed by atoms with Crippen LogP contribution in [0.15, 0.2) is 0 Å². The highest BCUT2D eigenvalue weighted by molar-refractivity contribution is 7.90. The van der Waals surface area contributed by atoms with Crippen molar-refractivity contribution in [1.29, 1.82) is 0 Å². The van der Waals surface area contributed by atoms with Gasteiger partial charge in [-0.2, -0.15) is 0 Å². The van der Waals surface area contributed by atoms with Gasteiger partial charge in [0.15, 0.2) is 0 Å². The van der Waals surface area contributed by atoms with Crippen molar-refractivity contribution in [2.75, 3.05) is 38.2 Å². The molecule has 0 radical (unpaired) electrons. The Balaban J connectivity index is 1.96. The van der Waals surface area contributed by atoms with E-state index in [4.69, 9.17) is 0 Å². The summed E-state index contributed by atoms with van der Waals surface area (Å²) < 4.78 is 22.8. The average molecular weight is 274 g/mol. The third-order valence-electron chi connectivity index (χ3n) is 4.25. The molecule has 2 fully saturated rings. The van der Waals surface area contributed by atoms with Crippen LogP contribution in [-0.4, -0.2) is 68.5 Å². The zero-order valence-corrected chi connectivity index (χ0v) is 12.5. The molecule has 0 aliphatic carbocycles. The topological polar surface area (TPSA) is 40.6 Å². The molecule has 4 nitrogen and oxygen atoms in total. The van der Waals surface area contributed by atoms with Gasteiger partial charge in [-0.15, -0.1) is 0 Å². The lowest BCUT2D eigenvalue weighted by Crippen LogP contribution is -2.47. The number of hydrogen-bond donors (Lipinski definition) is 0. The predicted molar refractivity (Wildman–Crippen MR) is 74.6 cm³/mol. The molecule has 2 aliphatic heterocycles. The minimum Gasteiger partial charge on any atom is -0.299 e. The van der Waals surface area contributed by atoms with Crippen LogP contribution in [0.1, 0.15) is 32.6 Å². The first-order chi connectivity index (χ1) is 8.46. The molecule has 2 rings (SSSR count). The highest BCUT2D eigenvalue weighted by Crippen LogP contribution is 2.22. The van der Waals surface area contributed by atoms with Crippen molar-refractivity contribution in [2.45, 2.75) is 44.7 Å². The van der Waals surface area contributed by atoms with E-state index < -0.39 is 9.84 Å². The van der Waals surface area contributed by atoms with Crippen LogP contribution in [0, 0.1) is 0 Å². The van der Waals surface area contributed by atoms with Crippen LogP contribution in [0.3, 0.4) is 0 Å². The largest absolute Gasteiger partial charge is 0.299 e. The van der Waals surface area contributed by atoms with E-state index in [0.717, 1.165) is 13.1 Å². The third kappa shape index (κ3) is 3.93. The van der Waals surface area contributed by atoms with Gasteiger partial charge in [0.1, 0.15) is 9.84 Å². The number of piperidine rings is 1. The fourth-order valence-corrected chi connectivity index (χ4v) is 4.43. The van der Waals surface area contributed by atoms with Crippen LogP contribution in [0.2, 0.25) is 0 Å². The van der Waals surface area contributed by atoms with E-state index in [9.17, 15) is 8.42 Å². The summed E-state index contributed by atoms with van der Waals surface area (Å²) in [6.07, 6.45) is 6.45. The zero-order valence-electron chi connectivity index (χ0n) is 11.6. The number of nitrogens with zero attached hydrogens (tertiary/aromatic N) is 2. The highest BCUT2D eigenvalue weighted by Gasteiger charge is 2.29. The molecule has 0 aromatic heterocycles. The van der Waals surface area contributed by atoms with Crippen molar-refractivity contribution in [3.05, 3.63) is 0 Å². The van der Waals surface area contributed by atoms with Gasteiger partial charge < -0.3 is 0 Å². The molecule has 2 saturated heterocycles. The van der Waals surface area contributed by atoms with E-state index in [1.807, 2.05) is 0 Å². The average Bonchev–Trinajstić information content (AvgIpc) is 2.48. The molecular formula is C13H26N2O2S. The summed E-state index contributed by atoms with van der Waals surface area (Å²) in [5.41, 5.74) is 0. The molecular weight excluding hydrogens is 248 g/mol.